The van der Waals surface area contributed by atoms with Crippen LogP contribution in [0, 0.1) is 0 Å². The number of nitrogens with zero attached hydrogens (tertiary/aromatic N) is 4. The van der Waals surface area contributed by atoms with E-state index in [4.69, 9.17) is 14.7 Å². The molecule has 0 atom stereocenters. The summed E-state index contributed by atoms with van der Waals surface area (Å²) in [5, 5.41) is 14.6. The van der Waals surface area contributed by atoms with E-state index in [-0.39, 0.29) is 6.54 Å². The smallest absolute Gasteiger partial charge is 0.315 e. The van der Waals surface area contributed by atoms with Crippen LogP contribution in [0.1, 0.15) is 55.6 Å². The van der Waals surface area contributed by atoms with E-state index in [0.717, 1.165) is 18.7 Å². The molecule has 1 saturated carbocycles. The fraction of sp³-hybridized carbons (Fsp3) is 0.667. The van der Waals surface area contributed by atoms with Gasteiger partial charge in [-0.25, -0.2) is 0 Å². The summed E-state index contributed by atoms with van der Waals surface area (Å²) in [5.41, 5.74) is 5.39. The molecule has 1 fully saturated rings. The minimum Gasteiger partial charge on any atom is -0.407 e. The molecule has 1 aliphatic carbocycles. The minimum atomic E-state index is 0.223. The standard InChI is InChI=1S/C12H18N6O2/c13-6-9-16-17-12(19-9)14-7-10-15-11(18-20-10)8-4-2-1-3-5-8/h8H,1-7,13H2,(H,14,17). The van der Waals surface area contributed by atoms with Crippen molar-refractivity contribution in [2.45, 2.75) is 51.1 Å². The molecule has 8 nitrogen and oxygen atoms in total. The van der Waals surface area contributed by atoms with Gasteiger partial charge in [-0.3, -0.25) is 0 Å². The van der Waals surface area contributed by atoms with Gasteiger partial charge in [0.1, 0.15) is 0 Å². The molecule has 0 saturated heterocycles. The highest BCUT2D eigenvalue weighted by molar-refractivity contribution is 5.17. The van der Waals surface area contributed by atoms with Gasteiger partial charge < -0.3 is 20.0 Å². The van der Waals surface area contributed by atoms with Gasteiger partial charge in [0, 0.05) is 5.92 Å². The largest absolute Gasteiger partial charge is 0.407 e. The molecule has 0 radical (unpaired) electrons. The second-order valence-corrected chi connectivity index (χ2v) is 4.94. The maximum absolute atomic E-state index is 5.39. The van der Waals surface area contributed by atoms with Crippen LogP contribution in [0.3, 0.4) is 0 Å². The van der Waals surface area contributed by atoms with E-state index in [1.807, 2.05) is 0 Å². The van der Waals surface area contributed by atoms with Gasteiger partial charge in [-0.2, -0.15) is 4.98 Å². The lowest BCUT2D eigenvalue weighted by Gasteiger charge is -2.17. The average Bonchev–Trinajstić information content (AvgIpc) is 3.15. The zero-order valence-electron chi connectivity index (χ0n) is 11.2. The van der Waals surface area contributed by atoms with Crippen LogP contribution in [-0.4, -0.2) is 20.3 Å². The highest BCUT2D eigenvalue weighted by atomic mass is 16.5. The topological polar surface area (TPSA) is 116 Å². The van der Waals surface area contributed by atoms with Crippen molar-refractivity contribution in [3.63, 3.8) is 0 Å². The number of aromatic nitrogens is 4. The van der Waals surface area contributed by atoms with Crippen LogP contribution >= 0.6 is 0 Å². The van der Waals surface area contributed by atoms with Crippen LogP contribution in [0.5, 0.6) is 0 Å². The molecule has 0 aliphatic heterocycles. The summed E-state index contributed by atoms with van der Waals surface area (Å²) in [6.07, 6.45) is 6.10. The van der Waals surface area contributed by atoms with Crippen molar-refractivity contribution in [3.05, 3.63) is 17.6 Å². The summed E-state index contributed by atoms with van der Waals surface area (Å²) < 4.78 is 10.5. The van der Waals surface area contributed by atoms with Gasteiger partial charge in [0.15, 0.2) is 5.82 Å². The van der Waals surface area contributed by atoms with Crippen molar-refractivity contribution in [2.75, 3.05) is 5.32 Å². The first kappa shape index (κ1) is 13.0. The summed E-state index contributed by atoms with van der Waals surface area (Å²) in [7, 11) is 0. The Morgan fingerprint density at radius 2 is 2.00 bits per heavy atom. The van der Waals surface area contributed by atoms with E-state index in [1.165, 1.54) is 19.3 Å². The van der Waals surface area contributed by atoms with Crippen LogP contribution < -0.4 is 11.1 Å². The fourth-order valence-electron chi connectivity index (χ4n) is 2.43. The summed E-state index contributed by atoms with van der Waals surface area (Å²) in [6.45, 7) is 0.590. The first-order chi connectivity index (χ1) is 9.85. The molecule has 0 amide bonds. The highest BCUT2D eigenvalue weighted by Gasteiger charge is 2.20. The Labute approximate surface area is 116 Å². The predicted molar refractivity (Wildman–Crippen MR) is 69.6 cm³/mol. The molecular formula is C12H18N6O2. The number of nitrogens with two attached hydrogens (primary N) is 1. The first-order valence-corrected chi connectivity index (χ1v) is 6.94. The van der Waals surface area contributed by atoms with E-state index in [0.29, 0.717) is 30.3 Å². The Kier molecular flexibility index (Phi) is 3.91. The first-order valence-electron chi connectivity index (χ1n) is 6.94. The lowest BCUT2D eigenvalue weighted by molar-refractivity contribution is 0.360. The molecule has 20 heavy (non-hydrogen) atoms. The third-order valence-electron chi connectivity index (χ3n) is 3.49. The number of hydrogen-bond donors (Lipinski definition) is 2. The Morgan fingerprint density at radius 1 is 1.15 bits per heavy atom. The molecule has 108 valence electrons. The van der Waals surface area contributed by atoms with Crippen LogP contribution in [0.2, 0.25) is 0 Å². The van der Waals surface area contributed by atoms with E-state index < -0.39 is 0 Å². The maximum atomic E-state index is 5.39. The molecule has 3 rings (SSSR count). The lowest BCUT2D eigenvalue weighted by atomic mass is 9.89. The number of hydrogen-bond acceptors (Lipinski definition) is 8. The number of anilines is 1. The highest BCUT2D eigenvalue weighted by Crippen LogP contribution is 2.30. The molecule has 2 heterocycles. The van der Waals surface area contributed by atoms with Crippen molar-refractivity contribution in [1.82, 2.24) is 20.3 Å². The second kappa shape index (κ2) is 6.00. The van der Waals surface area contributed by atoms with E-state index in [2.05, 4.69) is 25.7 Å². The van der Waals surface area contributed by atoms with Gasteiger partial charge in [-0.1, -0.05) is 29.5 Å². The van der Waals surface area contributed by atoms with Gasteiger partial charge in [-0.05, 0) is 12.8 Å². The van der Waals surface area contributed by atoms with Crippen LogP contribution in [0.15, 0.2) is 8.94 Å². The maximum Gasteiger partial charge on any atom is 0.315 e. The monoisotopic (exact) mass is 278 g/mol. The molecule has 0 aromatic carbocycles. The Bertz CT molecular complexity index is 546. The Hall–Kier alpha value is -1.96. The lowest BCUT2D eigenvalue weighted by Crippen LogP contribution is -2.06. The van der Waals surface area contributed by atoms with Gasteiger partial charge in [-0.15, -0.1) is 5.10 Å². The zero-order chi connectivity index (χ0) is 13.8. The zero-order valence-corrected chi connectivity index (χ0v) is 11.2. The van der Waals surface area contributed by atoms with Crippen molar-refractivity contribution in [2.24, 2.45) is 5.73 Å². The van der Waals surface area contributed by atoms with Gasteiger partial charge in [0.25, 0.3) is 0 Å². The molecule has 2 aromatic heterocycles. The van der Waals surface area contributed by atoms with Gasteiger partial charge >= 0.3 is 6.01 Å². The van der Waals surface area contributed by atoms with Crippen LogP contribution in [0.25, 0.3) is 0 Å². The van der Waals surface area contributed by atoms with Crippen molar-refractivity contribution in [1.29, 1.82) is 0 Å². The molecule has 1 aliphatic rings. The third kappa shape index (κ3) is 2.96. The third-order valence-corrected chi connectivity index (χ3v) is 3.49. The summed E-state index contributed by atoms with van der Waals surface area (Å²) >= 11 is 0. The average molecular weight is 278 g/mol. The summed E-state index contributed by atoms with van der Waals surface area (Å²) in [5.74, 6) is 2.17. The molecule has 2 aromatic rings. The molecular weight excluding hydrogens is 260 g/mol. The minimum absolute atomic E-state index is 0.223. The summed E-state index contributed by atoms with van der Waals surface area (Å²) in [6, 6.07) is 0.308. The SMILES string of the molecule is NCc1nnc(NCc2nc(C3CCCCC3)no2)o1. The van der Waals surface area contributed by atoms with E-state index >= 15 is 0 Å². The van der Waals surface area contributed by atoms with Crippen molar-refractivity contribution < 1.29 is 8.94 Å². The fourth-order valence-corrected chi connectivity index (χ4v) is 2.43. The van der Waals surface area contributed by atoms with Gasteiger partial charge in [0.05, 0.1) is 13.1 Å². The molecule has 0 spiro atoms. The van der Waals surface area contributed by atoms with Gasteiger partial charge in [0.2, 0.25) is 11.8 Å². The van der Waals surface area contributed by atoms with Crippen LogP contribution in [-0.2, 0) is 13.1 Å². The predicted octanol–water partition coefficient (Wildman–Crippen LogP) is 1.57. The Balaban J connectivity index is 1.56. The second-order valence-electron chi connectivity index (χ2n) is 4.94. The molecule has 0 bridgehead atoms. The number of nitrogens with one attached hydrogen (secondary N) is 1. The molecule has 8 heteroatoms. The summed E-state index contributed by atoms with van der Waals surface area (Å²) in [4.78, 5) is 4.42. The molecule has 3 N–H and O–H groups in total. The quantitative estimate of drug-likeness (QED) is 0.846. The van der Waals surface area contributed by atoms with Crippen molar-refractivity contribution >= 4 is 6.01 Å². The normalized spacial score (nSPS) is 16.4. The van der Waals surface area contributed by atoms with Crippen molar-refractivity contribution in [3.8, 4) is 0 Å². The van der Waals surface area contributed by atoms with Crippen LogP contribution in [0.4, 0.5) is 6.01 Å². The van der Waals surface area contributed by atoms with E-state index in [1.54, 1.807) is 0 Å². The molecule has 0 unspecified atom stereocenters. The Morgan fingerprint density at radius 3 is 2.75 bits per heavy atom. The number of rotatable bonds is 5. The van der Waals surface area contributed by atoms with E-state index in [9.17, 15) is 0 Å².